The molecule has 0 aliphatic heterocycles. The van der Waals surface area contributed by atoms with E-state index in [1.807, 2.05) is 18.2 Å². The van der Waals surface area contributed by atoms with Gasteiger partial charge in [0.1, 0.15) is 6.61 Å². The summed E-state index contributed by atoms with van der Waals surface area (Å²) in [6, 6.07) is 10.2. The quantitative estimate of drug-likeness (QED) is 0.713. The molecule has 18 heavy (non-hydrogen) atoms. The Kier molecular flexibility index (Phi) is 4.73. The molecule has 4 heteroatoms. The first-order valence-corrected chi connectivity index (χ1v) is 6.43. The second-order valence-electron chi connectivity index (χ2n) is 4.63. The highest BCUT2D eigenvalue weighted by Gasteiger charge is 2.33. The van der Waals surface area contributed by atoms with Crippen LogP contribution in [0.4, 0.5) is 0 Å². The van der Waals surface area contributed by atoms with Gasteiger partial charge in [-0.1, -0.05) is 30.3 Å². The Morgan fingerprint density at radius 2 is 2.11 bits per heavy atom. The van der Waals surface area contributed by atoms with E-state index in [1.54, 1.807) is 0 Å². The minimum Gasteiger partial charge on any atom is -0.370 e. The molecule has 2 rings (SSSR count). The predicted octanol–water partition coefficient (Wildman–Crippen LogP) is 1.23. The topological polar surface area (TPSA) is 64.3 Å². The van der Waals surface area contributed by atoms with Gasteiger partial charge in [-0.05, 0) is 24.3 Å². The first kappa shape index (κ1) is 13.1. The number of amides is 1. The van der Waals surface area contributed by atoms with Crippen LogP contribution in [0.5, 0.6) is 0 Å². The van der Waals surface area contributed by atoms with Crippen molar-refractivity contribution >= 4 is 5.91 Å². The third-order valence-electron chi connectivity index (χ3n) is 3.06. The first-order chi connectivity index (χ1) is 8.81. The van der Waals surface area contributed by atoms with Gasteiger partial charge < -0.3 is 15.8 Å². The Balaban J connectivity index is 1.89. The summed E-state index contributed by atoms with van der Waals surface area (Å²) in [4.78, 5) is 11.8. The molecule has 1 aliphatic carbocycles. The molecule has 0 heterocycles. The summed E-state index contributed by atoms with van der Waals surface area (Å²) in [5.74, 6) is 0.509. The largest absolute Gasteiger partial charge is 0.370 e. The smallest absolute Gasteiger partial charge is 0.246 e. The SMILES string of the molecule is NCCOCC(=O)NC(c1ccccc1)C1CC1. The van der Waals surface area contributed by atoms with Crippen molar-refractivity contribution in [3.63, 3.8) is 0 Å². The standard InChI is InChI=1S/C14H20N2O2/c15-8-9-18-10-13(17)16-14(12-6-7-12)11-4-2-1-3-5-11/h1-5,12,14H,6-10,15H2,(H,16,17). The van der Waals surface area contributed by atoms with Crippen LogP contribution in [0.1, 0.15) is 24.4 Å². The lowest BCUT2D eigenvalue weighted by Crippen LogP contribution is -2.33. The van der Waals surface area contributed by atoms with Crippen LogP contribution in [-0.2, 0) is 9.53 Å². The summed E-state index contributed by atoms with van der Waals surface area (Å²) in [6.07, 6.45) is 2.37. The fourth-order valence-corrected chi connectivity index (χ4v) is 2.03. The van der Waals surface area contributed by atoms with Gasteiger partial charge in [0, 0.05) is 6.54 Å². The van der Waals surface area contributed by atoms with Gasteiger partial charge in [-0.25, -0.2) is 0 Å². The highest BCUT2D eigenvalue weighted by Crippen LogP contribution is 2.40. The lowest BCUT2D eigenvalue weighted by molar-refractivity contribution is -0.126. The molecule has 3 N–H and O–H groups in total. The Labute approximate surface area is 108 Å². The normalized spacial score (nSPS) is 16.3. The van der Waals surface area contributed by atoms with Crippen LogP contribution in [0, 0.1) is 5.92 Å². The van der Waals surface area contributed by atoms with Crippen molar-refractivity contribution in [2.24, 2.45) is 11.7 Å². The molecular weight excluding hydrogens is 228 g/mol. The summed E-state index contributed by atoms with van der Waals surface area (Å²) < 4.78 is 5.14. The molecule has 0 saturated heterocycles. The number of carbonyl (C=O) groups is 1. The second-order valence-corrected chi connectivity index (χ2v) is 4.63. The number of rotatable bonds is 7. The van der Waals surface area contributed by atoms with Gasteiger partial charge in [0.2, 0.25) is 5.91 Å². The maximum absolute atomic E-state index is 11.8. The Morgan fingerprint density at radius 3 is 2.72 bits per heavy atom. The van der Waals surface area contributed by atoms with E-state index in [4.69, 9.17) is 10.5 Å². The molecule has 1 fully saturated rings. The van der Waals surface area contributed by atoms with Crippen molar-refractivity contribution in [3.05, 3.63) is 35.9 Å². The molecule has 1 aromatic rings. The summed E-state index contributed by atoms with van der Waals surface area (Å²) in [6.45, 7) is 0.956. The lowest BCUT2D eigenvalue weighted by atomic mass is 10.0. The fourth-order valence-electron chi connectivity index (χ4n) is 2.03. The molecule has 1 amide bonds. The van der Waals surface area contributed by atoms with Crippen LogP contribution in [0.3, 0.4) is 0 Å². The Bertz CT molecular complexity index is 377. The van der Waals surface area contributed by atoms with Gasteiger partial charge in [-0.15, -0.1) is 0 Å². The zero-order chi connectivity index (χ0) is 12.8. The van der Waals surface area contributed by atoms with E-state index in [-0.39, 0.29) is 18.6 Å². The maximum Gasteiger partial charge on any atom is 0.246 e. The van der Waals surface area contributed by atoms with Crippen molar-refractivity contribution in [1.82, 2.24) is 5.32 Å². The number of benzene rings is 1. The summed E-state index contributed by atoms with van der Waals surface area (Å²) in [5.41, 5.74) is 6.48. The average molecular weight is 248 g/mol. The van der Waals surface area contributed by atoms with E-state index in [2.05, 4.69) is 17.4 Å². The molecular formula is C14H20N2O2. The molecule has 98 valence electrons. The van der Waals surface area contributed by atoms with Crippen LogP contribution >= 0.6 is 0 Å². The lowest BCUT2D eigenvalue weighted by Gasteiger charge is -2.18. The zero-order valence-electron chi connectivity index (χ0n) is 10.5. The van der Waals surface area contributed by atoms with Gasteiger partial charge in [0.25, 0.3) is 0 Å². The van der Waals surface area contributed by atoms with Crippen LogP contribution in [-0.4, -0.2) is 25.7 Å². The highest BCUT2D eigenvalue weighted by molar-refractivity contribution is 5.77. The predicted molar refractivity (Wildman–Crippen MR) is 69.9 cm³/mol. The zero-order valence-corrected chi connectivity index (χ0v) is 10.5. The minimum atomic E-state index is -0.0656. The van der Waals surface area contributed by atoms with Gasteiger partial charge in [0.05, 0.1) is 12.6 Å². The van der Waals surface area contributed by atoms with E-state index >= 15 is 0 Å². The summed E-state index contributed by atoms with van der Waals surface area (Å²) >= 11 is 0. The van der Waals surface area contributed by atoms with Gasteiger partial charge in [-0.3, -0.25) is 4.79 Å². The second kappa shape index (κ2) is 6.52. The van der Waals surface area contributed by atoms with Gasteiger partial charge >= 0.3 is 0 Å². The number of nitrogens with one attached hydrogen (secondary N) is 1. The van der Waals surface area contributed by atoms with Crippen LogP contribution in [0.2, 0.25) is 0 Å². The van der Waals surface area contributed by atoms with E-state index in [1.165, 1.54) is 18.4 Å². The summed E-state index contributed by atoms with van der Waals surface area (Å²) in [5, 5.41) is 3.05. The van der Waals surface area contributed by atoms with E-state index < -0.39 is 0 Å². The van der Waals surface area contributed by atoms with Crippen molar-refractivity contribution in [3.8, 4) is 0 Å². The molecule has 4 nitrogen and oxygen atoms in total. The molecule has 1 saturated carbocycles. The van der Waals surface area contributed by atoms with Crippen LogP contribution < -0.4 is 11.1 Å². The molecule has 0 aromatic heterocycles. The van der Waals surface area contributed by atoms with Gasteiger partial charge in [-0.2, -0.15) is 0 Å². The molecule has 1 unspecified atom stereocenters. The fraction of sp³-hybridized carbons (Fsp3) is 0.500. The van der Waals surface area contributed by atoms with Crippen molar-refractivity contribution in [1.29, 1.82) is 0 Å². The van der Waals surface area contributed by atoms with E-state index in [0.29, 0.717) is 19.1 Å². The maximum atomic E-state index is 11.8. The van der Waals surface area contributed by atoms with E-state index in [0.717, 1.165) is 0 Å². The van der Waals surface area contributed by atoms with Gasteiger partial charge in [0.15, 0.2) is 0 Å². The number of carbonyl (C=O) groups excluding carboxylic acids is 1. The first-order valence-electron chi connectivity index (χ1n) is 6.43. The average Bonchev–Trinajstić information content (AvgIpc) is 3.22. The van der Waals surface area contributed by atoms with Crippen LogP contribution in [0.15, 0.2) is 30.3 Å². The Morgan fingerprint density at radius 1 is 1.39 bits per heavy atom. The van der Waals surface area contributed by atoms with Crippen molar-refractivity contribution < 1.29 is 9.53 Å². The molecule has 1 aliphatic rings. The Hall–Kier alpha value is -1.39. The highest BCUT2D eigenvalue weighted by atomic mass is 16.5. The number of hydrogen-bond acceptors (Lipinski definition) is 3. The molecule has 0 spiro atoms. The number of ether oxygens (including phenoxy) is 1. The third-order valence-corrected chi connectivity index (χ3v) is 3.06. The van der Waals surface area contributed by atoms with Crippen molar-refractivity contribution in [2.45, 2.75) is 18.9 Å². The van der Waals surface area contributed by atoms with Crippen molar-refractivity contribution in [2.75, 3.05) is 19.8 Å². The monoisotopic (exact) mass is 248 g/mol. The number of nitrogens with two attached hydrogens (primary N) is 1. The summed E-state index contributed by atoms with van der Waals surface area (Å²) in [7, 11) is 0. The molecule has 1 aromatic carbocycles. The van der Waals surface area contributed by atoms with Crippen LogP contribution in [0.25, 0.3) is 0 Å². The minimum absolute atomic E-state index is 0.0656. The molecule has 0 bridgehead atoms. The number of hydrogen-bond donors (Lipinski definition) is 2. The molecule has 0 radical (unpaired) electrons. The van der Waals surface area contributed by atoms with E-state index in [9.17, 15) is 4.79 Å². The molecule has 1 atom stereocenters. The third kappa shape index (κ3) is 3.82.